The van der Waals surface area contributed by atoms with E-state index in [4.69, 9.17) is 0 Å². The van der Waals surface area contributed by atoms with Crippen molar-refractivity contribution in [2.75, 3.05) is 31.6 Å². The van der Waals surface area contributed by atoms with E-state index < -0.39 is 9.84 Å². The molecule has 3 heterocycles. The molecule has 0 radical (unpaired) electrons. The Morgan fingerprint density at radius 2 is 2.04 bits per heavy atom. The van der Waals surface area contributed by atoms with Crippen molar-refractivity contribution in [1.82, 2.24) is 9.80 Å². The molecule has 1 saturated heterocycles. The van der Waals surface area contributed by atoms with Crippen LogP contribution >= 0.6 is 11.3 Å². The van der Waals surface area contributed by atoms with Gasteiger partial charge in [-0.2, -0.15) is 0 Å². The fourth-order valence-corrected chi connectivity index (χ4v) is 6.81. The number of amides is 1. The lowest BCUT2D eigenvalue weighted by Crippen LogP contribution is -2.46. The molecule has 1 aromatic heterocycles. The molecule has 0 unspecified atom stereocenters. The van der Waals surface area contributed by atoms with E-state index in [1.807, 2.05) is 18.2 Å². The van der Waals surface area contributed by atoms with Crippen molar-refractivity contribution >= 4 is 27.1 Å². The number of benzene rings is 1. The molecular weight excluding hydrogens is 380 g/mol. The standard InChI is InChI=1S/C20H24N2O3S2/c1-21(16-9-12-27(24,25)14-16)19(23)13-22-10-7-18-17(8-11-26-18)20(22)15-5-3-2-4-6-15/h2-6,8,11,16,20H,7,9-10,12-14H2,1H3/t16-,20+/m0/s1. The van der Waals surface area contributed by atoms with Crippen LogP contribution in [0.1, 0.15) is 28.5 Å². The molecule has 0 aliphatic carbocycles. The van der Waals surface area contributed by atoms with Gasteiger partial charge in [-0.15, -0.1) is 11.3 Å². The number of likely N-dealkylation sites (N-methyl/N-ethyl adjacent to an activating group) is 1. The highest BCUT2D eigenvalue weighted by Crippen LogP contribution is 2.37. The Kier molecular flexibility index (Phi) is 5.09. The molecule has 27 heavy (non-hydrogen) atoms. The van der Waals surface area contributed by atoms with Gasteiger partial charge >= 0.3 is 0 Å². The van der Waals surface area contributed by atoms with Crippen LogP contribution in [0.4, 0.5) is 0 Å². The quantitative estimate of drug-likeness (QED) is 0.785. The van der Waals surface area contributed by atoms with Crippen LogP contribution < -0.4 is 0 Å². The molecule has 0 saturated carbocycles. The minimum Gasteiger partial charge on any atom is -0.341 e. The highest BCUT2D eigenvalue weighted by atomic mass is 32.2. The van der Waals surface area contributed by atoms with Gasteiger partial charge in [-0.05, 0) is 35.4 Å². The fraction of sp³-hybridized carbons (Fsp3) is 0.450. The Labute approximate surface area is 164 Å². The second kappa shape index (κ2) is 7.37. The van der Waals surface area contributed by atoms with Crippen LogP contribution in [0.25, 0.3) is 0 Å². The van der Waals surface area contributed by atoms with E-state index in [9.17, 15) is 13.2 Å². The number of carbonyl (C=O) groups is 1. The average Bonchev–Trinajstić information content (AvgIpc) is 3.27. The van der Waals surface area contributed by atoms with E-state index >= 15 is 0 Å². The first-order valence-corrected chi connectivity index (χ1v) is 12.0. The summed E-state index contributed by atoms with van der Waals surface area (Å²) in [5.41, 5.74) is 2.48. The van der Waals surface area contributed by atoms with E-state index in [1.165, 1.54) is 16.0 Å². The summed E-state index contributed by atoms with van der Waals surface area (Å²) < 4.78 is 23.5. The zero-order valence-electron chi connectivity index (χ0n) is 15.4. The molecule has 7 heteroatoms. The number of nitrogens with zero attached hydrogens (tertiary/aromatic N) is 2. The lowest BCUT2D eigenvalue weighted by Gasteiger charge is -2.37. The maximum Gasteiger partial charge on any atom is 0.236 e. The summed E-state index contributed by atoms with van der Waals surface area (Å²) in [6.45, 7) is 1.14. The molecule has 5 nitrogen and oxygen atoms in total. The van der Waals surface area contributed by atoms with E-state index in [-0.39, 0.29) is 29.5 Å². The van der Waals surface area contributed by atoms with E-state index in [1.54, 1.807) is 23.3 Å². The predicted molar refractivity (Wildman–Crippen MR) is 108 cm³/mol. The number of hydrogen-bond acceptors (Lipinski definition) is 5. The zero-order chi connectivity index (χ0) is 19.0. The topological polar surface area (TPSA) is 57.7 Å². The van der Waals surface area contributed by atoms with Gasteiger partial charge in [-0.25, -0.2) is 8.42 Å². The molecular formula is C20H24N2O3S2. The van der Waals surface area contributed by atoms with Crippen molar-refractivity contribution in [2.45, 2.75) is 24.9 Å². The van der Waals surface area contributed by atoms with Crippen LogP contribution in [0, 0.1) is 0 Å². The number of carbonyl (C=O) groups excluding carboxylic acids is 1. The molecule has 2 aliphatic rings. The van der Waals surface area contributed by atoms with E-state index in [0.717, 1.165) is 13.0 Å². The van der Waals surface area contributed by atoms with Gasteiger partial charge in [0.1, 0.15) is 0 Å². The van der Waals surface area contributed by atoms with Gasteiger partial charge < -0.3 is 4.90 Å². The first-order chi connectivity index (χ1) is 12.9. The Balaban J connectivity index is 1.54. The third kappa shape index (κ3) is 3.81. The first-order valence-electron chi connectivity index (χ1n) is 9.26. The Morgan fingerprint density at radius 1 is 1.26 bits per heavy atom. The average molecular weight is 405 g/mol. The van der Waals surface area contributed by atoms with Crippen molar-refractivity contribution in [2.24, 2.45) is 0 Å². The third-order valence-electron chi connectivity index (χ3n) is 5.67. The van der Waals surface area contributed by atoms with Crippen LogP contribution in [0.3, 0.4) is 0 Å². The number of hydrogen-bond donors (Lipinski definition) is 0. The Morgan fingerprint density at radius 3 is 2.74 bits per heavy atom. The van der Waals surface area contributed by atoms with Crippen LogP contribution in [0.15, 0.2) is 41.8 Å². The van der Waals surface area contributed by atoms with Crippen LogP contribution in [0.2, 0.25) is 0 Å². The minimum absolute atomic E-state index is 0.00305. The Bertz CT molecular complexity index is 924. The largest absolute Gasteiger partial charge is 0.341 e. The predicted octanol–water partition coefficient (Wildman–Crippen LogP) is 2.34. The Hall–Kier alpha value is -1.70. The summed E-state index contributed by atoms with van der Waals surface area (Å²) in [6, 6.07) is 12.3. The lowest BCUT2D eigenvalue weighted by atomic mass is 9.93. The van der Waals surface area contributed by atoms with Crippen molar-refractivity contribution in [3.63, 3.8) is 0 Å². The second-order valence-corrected chi connectivity index (χ2v) is 10.6. The summed E-state index contributed by atoms with van der Waals surface area (Å²) in [5.74, 6) is 0.271. The van der Waals surface area contributed by atoms with E-state index in [0.29, 0.717) is 13.0 Å². The number of sulfone groups is 1. The van der Waals surface area contributed by atoms with Crippen LogP contribution in [0.5, 0.6) is 0 Å². The smallest absolute Gasteiger partial charge is 0.236 e. The lowest BCUT2D eigenvalue weighted by molar-refractivity contribution is -0.133. The number of rotatable bonds is 4. The zero-order valence-corrected chi connectivity index (χ0v) is 17.0. The number of fused-ring (bicyclic) bond motifs is 1. The maximum absolute atomic E-state index is 12.9. The van der Waals surface area contributed by atoms with Crippen molar-refractivity contribution < 1.29 is 13.2 Å². The molecule has 2 atom stereocenters. The van der Waals surface area contributed by atoms with Gasteiger partial charge in [-0.3, -0.25) is 9.69 Å². The molecule has 2 aliphatic heterocycles. The SMILES string of the molecule is CN(C(=O)CN1CCc2sccc2[C@H]1c1ccccc1)[C@H]1CCS(=O)(=O)C1. The summed E-state index contributed by atoms with van der Waals surface area (Å²) in [6.07, 6.45) is 1.49. The van der Waals surface area contributed by atoms with Gasteiger partial charge in [0.25, 0.3) is 0 Å². The van der Waals surface area contributed by atoms with Crippen LogP contribution in [-0.4, -0.2) is 61.8 Å². The molecule has 4 rings (SSSR count). The molecule has 1 fully saturated rings. The van der Waals surface area contributed by atoms with E-state index in [2.05, 4.69) is 28.5 Å². The highest BCUT2D eigenvalue weighted by molar-refractivity contribution is 7.91. The molecule has 144 valence electrons. The molecule has 1 amide bonds. The number of thiophene rings is 1. The second-order valence-electron chi connectivity index (χ2n) is 7.39. The van der Waals surface area contributed by atoms with Gasteiger partial charge in [0, 0.05) is 24.5 Å². The normalized spacial score (nSPS) is 24.5. The molecule has 0 bridgehead atoms. The summed E-state index contributed by atoms with van der Waals surface area (Å²) in [7, 11) is -1.26. The molecule has 2 aromatic rings. The van der Waals surface area contributed by atoms with Gasteiger partial charge in [-0.1, -0.05) is 30.3 Å². The maximum atomic E-state index is 12.9. The fourth-order valence-electron chi connectivity index (χ4n) is 4.13. The minimum atomic E-state index is -3.00. The summed E-state index contributed by atoms with van der Waals surface area (Å²) in [5, 5.41) is 2.13. The van der Waals surface area contributed by atoms with Gasteiger partial charge in [0.05, 0.1) is 24.1 Å². The van der Waals surface area contributed by atoms with Gasteiger partial charge in [0.2, 0.25) is 5.91 Å². The molecule has 1 aromatic carbocycles. The highest BCUT2D eigenvalue weighted by Gasteiger charge is 2.35. The first kappa shape index (κ1) is 18.7. The molecule has 0 spiro atoms. The van der Waals surface area contributed by atoms with Crippen LogP contribution in [-0.2, 0) is 21.1 Å². The van der Waals surface area contributed by atoms with Gasteiger partial charge in [0.15, 0.2) is 9.84 Å². The van der Waals surface area contributed by atoms with Crippen molar-refractivity contribution in [3.05, 3.63) is 57.8 Å². The van der Waals surface area contributed by atoms with Crippen molar-refractivity contribution in [1.29, 1.82) is 0 Å². The van der Waals surface area contributed by atoms with Crippen molar-refractivity contribution in [3.8, 4) is 0 Å². The summed E-state index contributed by atoms with van der Waals surface area (Å²) >= 11 is 1.78. The third-order valence-corrected chi connectivity index (χ3v) is 8.42. The summed E-state index contributed by atoms with van der Waals surface area (Å²) in [4.78, 5) is 18.2. The monoisotopic (exact) mass is 404 g/mol. The molecule has 0 N–H and O–H groups in total.